The van der Waals surface area contributed by atoms with Gasteiger partial charge in [-0.15, -0.1) is 12.4 Å². The summed E-state index contributed by atoms with van der Waals surface area (Å²) in [7, 11) is 0. The first-order chi connectivity index (χ1) is 14.8. The van der Waals surface area contributed by atoms with Crippen molar-refractivity contribution in [1.29, 1.82) is 0 Å². The van der Waals surface area contributed by atoms with E-state index in [0.29, 0.717) is 32.4 Å². The Morgan fingerprint density at radius 1 is 0.969 bits per heavy atom. The molecule has 3 heterocycles. The maximum absolute atomic E-state index is 13.3. The highest BCUT2D eigenvalue weighted by Crippen LogP contribution is 2.26. The first-order valence-corrected chi connectivity index (χ1v) is 11.0. The summed E-state index contributed by atoms with van der Waals surface area (Å²) in [5.74, 6) is -2.80. The van der Waals surface area contributed by atoms with Crippen LogP contribution >= 0.6 is 12.4 Å². The van der Waals surface area contributed by atoms with Gasteiger partial charge in [0.15, 0.2) is 0 Å². The Balaban J connectivity index is 0.00000363. The maximum Gasteiger partial charge on any atom is 0.326 e. The lowest BCUT2D eigenvalue weighted by atomic mass is 10.1. The molecule has 4 amide bonds. The van der Waals surface area contributed by atoms with Crippen LogP contribution in [-0.2, 0) is 24.0 Å². The van der Waals surface area contributed by atoms with Crippen LogP contribution in [0, 0.1) is 0 Å². The van der Waals surface area contributed by atoms with Crippen LogP contribution in [0.3, 0.4) is 0 Å². The maximum atomic E-state index is 13.3. The van der Waals surface area contributed by atoms with Crippen molar-refractivity contribution < 1.29 is 29.1 Å². The van der Waals surface area contributed by atoms with Gasteiger partial charge < -0.3 is 31.3 Å². The Hall–Kier alpha value is -2.40. The number of aliphatic carboxylic acids is 1. The number of primary amides is 1. The van der Waals surface area contributed by atoms with Gasteiger partial charge in [-0.25, -0.2) is 4.79 Å². The lowest BCUT2D eigenvalue weighted by Crippen LogP contribution is -2.56. The zero-order valence-corrected chi connectivity index (χ0v) is 18.8. The lowest BCUT2D eigenvalue weighted by Gasteiger charge is -2.32. The number of hydrogen-bond acceptors (Lipinski definition) is 6. The fraction of sp³-hybridized carbons (Fsp3) is 0.750. The van der Waals surface area contributed by atoms with Gasteiger partial charge >= 0.3 is 5.97 Å². The third-order valence-electron chi connectivity index (χ3n) is 6.31. The number of carboxylic acids is 1. The topological polar surface area (TPSA) is 162 Å². The number of amides is 4. The van der Waals surface area contributed by atoms with Gasteiger partial charge in [-0.2, -0.15) is 0 Å². The summed E-state index contributed by atoms with van der Waals surface area (Å²) in [6.45, 7) is 1.69. The lowest BCUT2D eigenvalue weighted by molar-refractivity contribution is -0.148. The van der Waals surface area contributed by atoms with Gasteiger partial charge in [0.2, 0.25) is 23.6 Å². The van der Waals surface area contributed by atoms with Gasteiger partial charge in [-0.1, -0.05) is 0 Å². The molecule has 0 aromatic rings. The number of carbonyl (C=O) groups is 5. The molecule has 3 rings (SSSR count). The highest BCUT2D eigenvalue weighted by molar-refractivity contribution is 5.95. The number of halogens is 1. The Bertz CT molecular complexity index is 744. The molecule has 12 heteroatoms. The molecule has 3 fully saturated rings. The Morgan fingerprint density at radius 2 is 1.59 bits per heavy atom. The third kappa shape index (κ3) is 5.89. The molecular formula is C20H32ClN5O6. The molecule has 0 aliphatic carbocycles. The Morgan fingerprint density at radius 3 is 2.16 bits per heavy atom. The van der Waals surface area contributed by atoms with E-state index in [0.717, 1.165) is 25.8 Å². The minimum absolute atomic E-state index is 0. The number of hydrogen-bond donors (Lipinski definition) is 4. The summed E-state index contributed by atoms with van der Waals surface area (Å²) in [4.78, 5) is 64.4. The van der Waals surface area contributed by atoms with E-state index in [1.807, 2.05) is 0 Å². The Labute approximate surface area is 192 Å². The van der Waals surface area contributed by atoms with Crippen molar-refractivity contribution in [2.45, 2.75) is 75.5 Å². The minimum atomic E-state index is -1.26. The first kappa shape index (κ1) is 25.9. The van der Waals surface area contributed by atoms with E-state index in [9.17, 15) is 29.1 Å². The number of rotatable bonds is 8. The number of nitrogens with zero attached hydrogens (tertiary/aromatic N) is 2. The van der Waals surface area contributed by atoms with Gasteiger partial charge in [-0.05, 0) is 51.5 Å². The van der Waals surface area contributed by atoms with Gasteiger partial charge in [0, 0.05) is 19.5 Å². The van der Waals surface area contributed by atoms with Crippen molar-refractivity contribution in [3.05, 3.63) is 0 Å². The number of carboxylic acid groups (broad SMARTS) is 1. The normalized spacial score (nSPS) is 25.8. The zero-order chi connectivity index (χ0) is 22.5. The summed E-state index contributed by atoms with van der Waals surface area (Å²) in [6.07, 6.45) is 3.73. The van der Waals surface area contributed by atoms with Crippen LogP contribution in [0.5, 0.6) is 0 Å². The minimum Gasteiger partial charge on any atom is -0.480 e. The first-order valence-electron chi connectivity index (χ1n) is 11.0. The molecular weight excluding hydrogens is 442 g/mol. The molecule has 0 aromatic heterocycles. The molecule has 5 N–H and O–H groups in total. The zero-order valence-electron chi connectivity index (χ0n) is 18.0. The predicted molar refractivity (Wildman–Crippen MR) is 116 cm³/mol. The largest absolute Gasteiger partial charge is 0.480 e. The molecule has 0 aromatic carbocycles. The van der Waals surface area contributed by atoms with E-state index in [-0.39, 0.29) is 43.1 Å². The summed E-state index contributed by atoms with van der Waals surface area (Å²) in [5.41, 5.74) is 5.07. The SMILES string of the molecule is Cl.NC(=O)CC[C@H](NC(=O)[C@@H]1CCCN1C(=O)[C@@H]1CCCN1C(=O)[C@@H]1CCCN1)C(=O)O. The quantitative estimate of drug-likeness (QED) is 0.350. The fourth-order valence-corrected chi connectivity index (χ4v) is 4.69. The standard InChI is InChI=1S/C20H31N5O6.ClH/c21-16(26)8-7-13(20(30)31)23-17(27)14-5-2-10-24(14)19(29)15-6-3-11-25(15)18(28)12-4-1-9-22-12;/h12-15,22H,1-11H2,(H2,21,26)(H,23,27)(H,30,31);1H/t12-,13-,14-,15-;/m0./s1. The van der Waals surface area contributed by atoms with Crippen LogP contribution in [0.2, 0.25) is 0 Å². The molecule has 0 unspecified atom stereocenters. The van der Waals surface area contributed by atoms with Crippen LogP contribution in [0.4, 0.5) is 0 Å². The van der Waals surface area contributed by atoms with Crippen LogP contribution in [0.25, 0.3) is 0 Å². The second-order valence-electron chi connectivity index (χ2n) is 8.43. The van der Waals surface area contributed by atoms with Gasteiger partial charge in [0.25, 0.3) is 0 Å². The van der Waals surface area contributed by atoms with E-state index in [1.54, 1.807) is 4.90 Å². The molecule has 0 radical (unpaired) electrons. The second kappa shape index (κ2) is 11.5. The van der Waals surface area contributed by atoms with Crippen LogP contribution in [0.1, 0.15) is 51.4 Å². The van der Waals surface area contributed by atoms with E-state index in [1.165, 1.54) is 4.90 Å². The van der Waals surface area contributed by atoms with Crippen molar-refractivity contribution >= 4 is 42.0 Å². The van der Waals surface area contributed by atoms with Crippen LogP contribution < -0.4 is 16.4 Å². The molecule has 32 heavy (non-hydrogen) atoms. The van der Waals surface area contributed by atoms with Crippen molar-refractivity contribution in [3.8, 4) is 0 Å². The number of carbonyl (C=O) groups excluding carboxylic acids is 4. The van der Waals surface area contributed by atoms with Gasteiger partial charge in [-0.3, -0.25) is 19.2 Å². The van der Waals surface area contributed by atoms with Crippen molar-refractivity contribution in [3.63, 3.8) is 0 Å². The van der Waals surface area contributed by atoms with Crippen LogP contribution in [0.15, 0.2) is 0 Å². The van der Waals surface area contributed by atoms with Crippen LogP contribution in [-0.4, -0.2) is 88.3 Å². The van der Waals surface area contributed by atoms with E-state index >= 15 is 0 Å². The average Bonchev–Trinajstić information content (AvgIpc) is 3.49. The summed E-state index contributed by atoms with van der Waals surface area (Å²) < 4.78 is 0. The Kier molecular flexibility index (Phi) is 9.26. The molecule has 180 valence electrons. The summed E-state index contributed by atoms with van der Waals surface area (Å²) >= 11 is 0. The van der Waals surface area contributed by atoms with E-state index in [4.69, 9.17) is 5.73 Å². The molecule has 4 atom stereocenters. The number of nitrogens with one attached hydrogen (secondary N) is 2. The molecule has 3 aliphatic heterocycles. The van der Waals surface area contributed by atoms with Gasteiger partial charge in [0.05, 0.1) is 6.04 Å². The molecule has 0 spiro atoms. The summed E-state index contributed by atoms with van der Waals surface area (Å²) in [5, 5.41) is 14.9. The predicted octanol–water partition coefficient (Wildman–Crippen LogP) is -1.02. The number of likely N-dealkylation sites (tertiary alicyclic amines) is 2. The second-order valence-corrected chi connectivity index (χ2v) is 8.43. The monoisotopic (exact) mass is 473 g/mol. The van der Waals surface area contributed by atoms with E-state index < -0.39 is 35.9 Å². The highest BCUT2D eigenvalue weighted by atomic mass is 35.5. The molecule has 0 saturated carbocycles. The summed E-state index contributed by atoms with van der Waals surface area (Å²) in [6, 6.07) is -2.89. The van der Waals surface area contributed by atoms with Crippen molar-refractivity contribution in [2.75, 3.05) is 19.6 Å². The molecule has 3 aliphatic rings. The van der Waals surface area contributed by atoms with E-state index in [2.05, 4.69) is 10.6 Å². The average molecular weight is 474 g/mol. The molecule has 11 nitrogen and oxygen atoms in total. The molecule has 0 bridgehead atoms. The molecule has 3 saturated heterocycles. The third-order valence-corrected chi connectivity index (χ3v) is 6.31. The number of nitrogens with two attached hydrogens (primary N) is 1. The smallest absolute Gasteiger partial charge is 0.326 e. The van der Waals surface area contributed by atoms with Crippen molar-refractivity contribution in [2.24, 2.45) is 5.73 Å². The van der Waals surface area contributed by atoms with Gasteiger partial charge in [0.1, 0.15) is 18.1 Å². The highest BCUT2D eigenvalue weighted by Gasteiger charge is 2.43. The van der Waals surface area contributed by atoms with Crippen molar-refractivity contribution in [1.82, 2.24) is 20.4 Å². The fourth-order valence-electron chi connectivity index (χ4n) is 4.69.